The van der Waals surface area contributed by atoms with E-state index in [-0.39, 0.29) is 16.7 Å². The molecule has 1 saturated carbocycles. The number of hydrogen-bond acceptors (Lipinski definition) is 5. The van der Waals surface area contributed by atoms with E-state index in [1.807, 2.05) is 0 Å². The van der Waals surface area contributed by atoms with Gasteiger partial charge in [-0.1, -0.05) is 5.16 Å². The normalized spacial score (nSPS) is 20.9. The van der Waals surface area contributed by atoms with Crippen LogP contribution in [0.25, 0.3) is 0 Å². The molecule has 1 saturated heterocycles. The zero-order valence-corrected chi connectivity index (χ0v) is 13.7. The molecule has 0 aromatic carbocycles. The molecule has 1 aromatic heterocycles. The first-order valence-corrected chi connectivity index (χ1v) is 9.07. The standard InChI is InChI=1S/C14H21N3O4S/c1-10-13(11(2)21-15-10)22(19,20)17-7-3-6-16(8-9-17)14(18)12-4-5-12/h12H,3-9H2,1-2H3. The summed E-state index contributed by atoms with van der Waals surface area (Å²) in [6.45, 7) is 5.06. The van der Waals surface area contributed by atoms with Crippen LogP contribution in [-0.2, 0) is 14.8 Å². The average Bonchev–Trinajstić information content (AvgIpc) is 3.27. The van der Waals surface area contributed by atoms with Gasteiger partial charge in [-0.3, -0.25) is 4.79 Å². The van der Waals surface area contributed by atoms with Crippen molar-refractivity contribution in [2.24, 2.45) is 5.92 Å². The quantitative estimate of drug-likeness (QED) is 0.824. The van der Waals surface area contributed by atoms with Crippen molar-refractivity contribution in [3.8, 4) is 0 Å². The molecule has 0 radical (unpaired) electrons. The van der Waals surface area contributed by atoms with Crippen molar-refractivity contribution >= 4 is 15.9 Å². The van der Waals surface area contributed by atoms with Gasteiger partial charge in [0.25, 0.3) is 0 Å². The number of carbonyl (C=O) groups excluding carboxylic acids is 1. The maximum atomic E-state index is 12.8. The van der Waals surface area contributed by atoms with Crippen molar-refractivity contribution in [1.82, 2.24) is 14.4 Å². The van der Waals surface area contributed by atoms with E-state index in [1.54, 1.807) is 18.7 Å². The number of carbonyl (C=O) groups is 1. The van der Waals surface area contributed by atoms with Gasteiger partial charge < -0.3 is 9.42 Å². The van der Waals surface area contributed by atoms with Crippen molar-refractivity contribution in [2.45, 2.75) is 38.0 Å². The summed E-state index contributed by atoms with van der Waals surface area (Å²) in [6.07, 6.45) is 2.59. The van der Waals surface area contributed by atoms with Gasteiger partial charge in [0.2, 0.25) is 15.9 Å². The summed E-state index contributed by atoms with van der Waals surface area (Å²) in [7, 11) is -3.62. The van der Waals surface area contributed by atoms with Crippen LogP contribution in [0.3, 0.4) is 0 Å². The Balaban J connectivity index is 1.76. The first-order chi connectivity index (χ1) is 10.4. The van der Waals surface area contributed by atoms with Crippen molar-refractivity contribution in [3.05, 3.63) is 11.5 Å². The van der Waals surface area contributed by atoms with Gasteiger partial charge in [-0.25, -0.2) is 8.42 Å². The third kappa shape index (κ3) is 2.77. The molecule has 22 heavy (non-hydrogen) atoms. The van der Waals surface area contributed by atoms with Crippen molar-refractivity contribution < 1.29 is 17.7 Å². The Morgan fingerprint density at radius 2 is 1.91 bits per heavy atom. The molecule has 2 aliphatic rings. The molecule has 8 heteroatoms. The van der Waals surface area contributed by atoms with E-state index in [9.17, 15) is 13.2 Å². The maximum Gasteiger partial charge on any atom is 0.248 e. The van der Waals surface area contributed by atoms with E-state index in [1.165, 1.54) is 4.31 Å². The second-order valence-electron chi connectivity index (χ2n) is 6.01. The number of sulfonamides is 1. The van der Waals surface area contributed by atoms with Crippen molar-refractivity contribution in [2.75, 3.05) is 26.2 Å². The number of aromatic nitrogens is 1. The topological polar surface area (TPSA) is 83.7 Å². The lowest BCUT2D eigenvalue weighted by Crippen LogP contribution is -2.38. The predicted octanol–water partition coefficient (Wildman–Crippen LogP) is 0.924. The summed E-state index contributed by atoms with van der Waals surface area (Å²) in [5, 5.41) is 3.73. The van der Waals surface area contributed by atoms with Gasteiger partial charge in [0.05, 0.1) is 0 Å². The molecule has 3 rings (SSSR count). The fourth-order valence-electron chi connectivity index (χ4n) is 2.91. The molecular weight excluding hydrogens is 306 g/mol. The molecular formula is C14H21N3O4S. The van der Waals surface area contributed by atoms with Crippen LogP contribution in [0.5, 0.6) is 0 Å². The Hall–Kier alpha value is -1.41. The fraction of sp³-hybridized carbons (Fsp3) is 0.714. The molecule has 1 aliphatic carbocycles. The number of aryl methyl sites for hydroxylation is 2. The molecule has 122 valence electrons. The summed E-state index contributed by atoms with van der Waals surface area (Å²) in [5.41, 5.74) is 0.382. The molecule has 7 nitrogen and oxygen atoms in total. The molecule has 1 aromatic rings. The molecule has 0 bridgehead atoms. The molecule has 1 amide bonds. The van der Waals surface area contributed by atoms with Crippen LogP contribution in [0.2, 0.25) is 0 Å². The molecule has 0 N–H and O–H groups in total. The van der Waals surface area contributed by atoms with E-state index in [4.69, 9.17) is 4.52 Å². The lowest BCUT2D eigenvalue weighted by Gasteiger charge is -2.21. The number of rotatable bonds is 3. The molecule has 0 atom stereocenters. The first-order valence-electron chi connectivity index (χ1n) is 7.63. The van der Waals surface area contributed by atoms with Gasteiger partial charge in [0, 0.05) is 32.1 Å². The number of nitrogens with zero attached hydrogens (tertiary/aromatic N) is 3. The molecule has 2 heterocycles. The lowest BCUT2D eigenvalue weighted by molar-refractivity contribution is -0.132. The van der Waals surface area contributed by atoms with Gasteiger partial charge in [0.1, 0.15) is 10.6 Å². The summed E-state index contributed by atoms with van der Waals surface area (Å²) in [5.74, 6) is 0.662. The van der Waals surface area contributed by atoms with Gasteiger partial charge >= 0.3 is 0 Å². The number of amides is 1. The smallest absolute Gasteiger partial charge is 0.248 e. The van der Waals surface area contributed by atoms with Gasteiger partial charge in [-0.2, -0.15) is 4.31 Å². The van der Waals surface area contributed by atoms with Gasteiger partial charge in [-0.05, 0) is 33.1 Å². The van der Waals surface area contributed by atoms with E-state index in [2.05, 4.69) is 5.16 Å². The van der Waals surface area contributed by atoms with Crippen LogP contribution >= 0.6 is 0 Å². The first kappa shape index (κ1) is 15.5. The SMILES string of the molecule is Cc1noc(C)c1S(=O)(=O)N1CCCN(C(=O)C2CC2)CC1. The summed E-state index contributed by atoms with van der Waals surface area (Å²) in [4.78, 5) is 14.1. The fourth-order valence-corrected chi connectivity index (χ4v) is 4.68. The Morgan fingerprint density at radius 1 is 1.18 bits per heavy atom. The Labute approximate surface area is 130 Å². The maximum absolute atomic E-state index is 12.8. The molecule has 0 unspecified atom stereocenters. The summed E-state index contributed by atoms with van der Waals surface area (Å²) < 4.78 is 32.0. The third-order valence-electron chi connectivity index (χ3n) is 4.26. The predicted molar refractivity (Wildman–Crippen MR) is 78.7 cm³/mol. The second-order valence-corrected chi connectivity index (χ2v) is 7.89. The zero-order valence-electron chi connectivity index (χ0n) is 12.9. The van der Waals surface area contributed by atoms with Crippen molar-refractivity contribution in [3.63, 3.8) is 0 Å². The highest BCUT2D eigenvalue weighted by molar-refractivity contribution is 7.89. The largest absolute Gasteiger partial charge is 0.360 e. The van der Waals surface area contributed by atoms with Crippen LogP contribution in [0.4, 0.5) is 0 Å². The van der Waals surface area contributed by atoms with E-state index < -0.39 is 10.0 Å². The van der Waals surface area contributed by atoms with Crippen LogP contribution in [-0.4, -0.2) is 54.9 Å². The Morgan fingerprint density at radius 3 is 2.50 bits per heavy atom. The van der Waals surface area contributed by atoms with E-state index in [0.717, 1.165) is 12.8 Å². The average molecular weight is 327 g/mol. The highest BCUT2D eigenvalue weighted by Gasteiger charge is 2.36. The summed E-state index contributed by atoms with van der Waals surface area (Å²) >= 11 is 0. The van der Waals surface area contributed by atoms with Crippen LogP contribution in [0.1, 0.15) is 30.7 Å². The van der Waals surface area contributed by atoms with Gasteiger partial charge in [0.15, 0.2) is 5.76 Å². The van der Waals surface area contributed by atoms with Crippen molar-refractivity contribution in [1.29, 1.82) is 0 Å². The minimum absolute atomic E-state index is 0.162. The Kier molecular flexibility index (Phi) is 3.98. The third-order valence-corrected chi connectivity index (χ3v) is 6.40. The van der Waals surface area contributed by atoms with Crippen LogP contribution in [0.15, 0.2) is 9.42 Å². The van der Waals surface area contributed by atoms with E-state index >= 15 is 0 Å². The lowest BCUT2D eigenvalue weighted by atomic mass is 10.3. The Bertz CT molecular complexity index is 659. The molecule has 0 spiro atoms. The minimum Gasteiger partial charge on any atom is -0.360 e. The molecule has 2 fully saturated rings. The minimum atomic E-state index is -3.62. The van der Waals surface area contributed by atoms with Gasteiger partial charge in [-0.15, -0.1) is 0 Å². The molecule has 1 aliphatic heterocycles. The number of hydrogen-bond donors (Lipinski definition) is 0. The summed E-state index contributed by atoms with van der Waals surface area (Å²) in [6, 6.07) is 0. The second kappa shape index (κ2) is 5.66. The monoisotopic (exact) mass is 327 g/mol. The zero-order chi connectivity index (χ0) is 15.9. The van der Waals surface area contributed by atoms with Crippen LogP contribution < -0.4 is 0 Å². The highest BCUT2D eigenvalue weighted by Crippen LogP contribution is 2.31. The van der Waals surface area contributed by atoms with Crippen LogP contribution in [0, 0.1) is 19.8 Å². The van der Waals surface area contributed by atoms with E-state index in [0.29, 0.717) is 44.1 Å². The highest BCUT2D eigenvalue weighted by atomic mass is 32.2.